The van der Waals surface area contributed by atoms with Crippen molar-refractivity contribution in [1.82, 2.24) is 0 Å². The van der Waals surface area contributed by atoms with Gasteiger partial charge in [0.2, 0.25) is 0 Å². The highest BCUT2D eigenvalue weighted by atomic mass is 79.9. The van der Waals surface area contributed by atoms with Crippen LogP contribution in [0.25, 0.3) is 0 Å². The van der Waals surface area contributed by atoms with Gasteiger partial charge in [0, 0.05) is 26.2 Å². The van der Waals surface area contributed by atoms with Crippen molar-refractivity contribution in [3.8, 4) is 0 Å². The molecule has 1 aliphatic carbocycles. The molecule has 1 saturated carbocycles. The van der Waals surface area contributed by atoms with Crippen molar-refractivity contribution in [2.75, 3.05) is 6.54 Å². The zero-order valence-electron chi connectivity index (χ0n) is 8.48. The van der Waals surface area contributed by atoms with E-state index in [1.54, 1.807) is 0 Å². The van der Waals surface area contributed by atoms with E-state index in [1.165, 1.54) is 39.9 Å². The Morgan fingerprint density at radius 1 is 1.50 bits per heavy atom. The Morgan fingerprint density at radius 3 is 2.57 bits per heavy atom. The second kappa shape index (κ2) is 3.95. The van der Waals surface area contributed by atoms with Gasteiger partial charge >= 0.3 is 0 Å². The summed E-state index contributed by atoms with van der Waals surface area (Å²) < 4.78 is 1.25. The molecule has 1 nitrogen and oxygen atoms in total. The molecule has 0 saturated heterocycles. The van der Waals surface area contributed by atoms with Gasteiger partial charge in [-0.1, -0.05) is 12.8 Å². The van der Waals surface area contributed by atoms with Gasteiger partial charge in [-0.05, 0) is 41.8 Å². The van der Waals surface area contributed by atoms with Gasteiger partial charge in [-0.3, -0.25) is 0 Å². The van der Waals surface area contributed by atoms with E-state index in [9.17, 15) is 0 Å². The average molecular weight is 274 g/mol. The molecule has 0 spiro atoms. The lowest BCUT2D eigenvalue weighted by atomic mass is 9.85. The number of aryl methyl sites for hydroxylation is 1. The van der Waals surface area contributed by atoms with Crippen LogP contribution in [-0.4, -0.2) is 6.54 Å². The summed E-state index contributed by atoms with van der Waals surface area (Å²) >= 11 is 5.49. The molecule has 0 amide bonds. The van der Waals surface area contributed by atoms with E-state index in [1.807, 2.05) is 11.3 Å². The SMILES string of the molecule is Cc1sc(C2(CN)CCCC2)cc1Br. The smallest absolute Gasteiger partial charge is 0.0314 e. The first kappa shape index (κ1) is 10.7. The van der Waals surface area contributed by atoms with E-state index >= 15 is 0 Å². The monoisotopic (exact) mass is 273 g/mol. The minimum atomic E-state index is 0.307. The maximum Gasteiger partial charge on any atom is 0.0314 e. The number of halogens is 1. The number of rotatable bonds is 2. The summed E-state index contributed by atoms with van der Waals surface area (Å²) in [6.07, 6.45) is 5.23. The van der Waals surface area contributed by atoms with Gasteiger partial charge in [-0.15, -0.1) is 11.3 Å². The average Bonchev–Trinajstić information content (AvgIpc) is 2.75. The quantitative estimate of drug-likeness (QED) is 0.876. The fraction of sp³-hybridized carbons (Fsp3) is 0.636. The van der Waals surface area contributed by atoms with Gasteiger partial charge in [-0.25, -0.2) is 0 Å². The fourth-order valence-electron chi connectivity index (χ4n) is 2.32. The van der Waals surface area contributed by atoms with Crippen molar-refractivity contribution in [3.63, 3.8) is 0 Å². The van der Waals surface area contributed by atoms with Gasteiger partial charge in [0.15, 0.2) is 0 Å². The summed E-state index contributed by atoms with van der Waals surface area (Å²) in [5, 5.41) is 0. The molecule has 1 fully saturated rings. The molecule has 0 aromatic carbocycles. The molecule has 1 aliphatic rings. The van der Waals surface area contributed by atoms with Crippen LogP contribution in [0.5, 0.6) is 0 Å². The molecule has 78 valence electrons. The lowest BCUT2D eigenvalue weighted by molar-refractivity contribution is 0.462. The van der Waals surface area contributed by atoms with Gasteiger partial charge in [0.1, 0.15) is 0 Å². The summed E-state index contributed by atoms with van der Waals surface area (Å²) in [6, 6.07) is 2.28. The standard InChI is InChI=1S/C11H16BrNS/c1-8-9(12)6-10(14-8)11(7-13)4-2-3-5-11/h6H,2-5,7,13H2,1H3. The molecule has 0 unspecified atom stereocenters. The Balaban J connectivity index is 2.36. The summed E-state index contributed by atoms with van der Waals surface area (Å²) in [5.41, 5.74) is 6.26. The van der Waals surface area contributed by atoms with E-state index < -0.39 is 0 Å². The van der Waals surface area contributed by atoms with Crippen LogP contribution in [0.1, 0.15) is 35.4 Å². The van der Waals surface area contributed by atoms with Crippen molar-refractivity contribution in [2.45, 2.75) is 38.0 Å². The summed E-state index contributed by atoms with van der Waals surface area (Å²) in [6.45, 7) is 2.97. The predicted octanol–water partition coefficient (Wildman–Crippen LogP) is 3.59. The van der Waals surface area contributed by atoms with E-state index in [0.717, 1.165) is 6.54 Å². The van der Waals surface area contributed by atoms with Crippen LogP contribution in [0.15, 0.2) is 10.5 Å². The Kier molecular flexibility index (Phi) is 3.01. The Morgan fingerprint density at radius 2 is 2.14 bits per heavy atom. The zero-order chi connectivity index (χ0) is 10.2. The molecule has 1 aromatic heterocycles. The molecule has 1 aromatic rings. The van der Waals surface area contributed by atoms with Gasteiger partial charge in [0.25, 0.3) is 0 Å². The molecule has 1 heterocycles. The van der Waals surface area contributed by atoms with Crippen molar-refractivity contribution < 1.29 is 0 Å². The minimum Gasteiger partial charge on any atom is -0.330 e. The van der Waals surface area contributed by atoms with Gasteiger partial charge in [-0.2, -0.15) is 0 Å². The first-order valence-corrected chi connectivity index (χ1v) is 6.75. The summed E-state index contributed by atoms with van der Waals surface area (Å²) in [7, 11) is 0. The number of nitrogens with two attached hydrogens (primary N) is 1. The van der Waals surface area contributed by atoms with Gasteiger partial charge < -0.3 is 5.73 Å². The van der Waals surface area contributed by atoms with Crippen molar-refractivity contribution in [3.05, 3.63) is 20.3 Å². The Labute approximate surface area is 97.8 Å². The largest absolute Gasteiger partial charge is 0.330 e. The van der Waals surface area contributed by atoms with E-state index in [2.05, 4.69) is 28.9 Å². The van der Waals surface area contributed by atoms with Crippen molar-refractivity contribution in [2.24, 2.45) is 5.73 Å². The van der Waals surface area contributed by atoms with Crippen LogP contribution in [-0.2, 0) is 5.41 Å². The van der Waals surface area contributed by atoms with Crippen molar-refractivity contribution >= 4 is 27.3 Å². The maximum absolute atomic E-state index is 5.95. The van der Waals surface area contributed by atoms with Crippen LogP contribution >= 0.6 is 27.3 Å². The molecule has 0 aliphatic heterocycles. The molecular weight excluding hydrogens is 258 g/mol. The van der Waals surface area contributed by atoms with E-state index in [4.69, 9.17) is 5.73 Å². The predicted molar refractivity (Wildman–Crippen MR) is 66.0 cm³/mol. The van der Waals surface area contributed by atoms with Crippen molar-refractivity contribution in [1.29, 1.82) is 0 Å². The second-order valence-electron chi connectivity index (χ2n) is 4.21. The minimum absolute atomic E-state index is 0.307. The Bertz CT molecular complexity index is 307. The van der Waals surface area contributed by atoms with E-state index in [0.29, 0.717) is 5.41 Å². The molecule has 2 rings (SSSR count). The molecule has 0 atom stereocenters. The third-order valence-electron chi connectivity index (χ3n) is 3.33. The molecule has 0 radical (unpaired) electrons. The molecular formula is C11H16BrNS. The second-order valence-corrected chi connectivity index (χ2v) is 6.32. The first-order chi connectivity index (χ1) is 6.68. The zero-order valence-corrected chi connectivity index (χ0v) is 10.9. The maximum atomic E-state index is 5.95. The highest BCUT2D eigenvalue weighted by molar-refractivity contribution is 9.10. The molecule has 14 heavy (non-hydrogen) atoms. The normalized spacial score (nSPS) is 20.2. The van der Waals surface area contributed by atoms with Crippen LogP contribution < -0.4 is 5.73 Å². The van der Waals surface area contributed by atoms with Crippen LogP contribution in [0.3, 0.4) is 0 Å². The third kappa shape index (κ3) is 1.66. The van der Waals surface area contributed by atoms with Crippen LogP contribution in [0.4, 0.5) is 0 Å². The fourth-order valence-corrected chi connectivity index (χ4v) is 4.11. The number of thiophene rings is 1. The topological polar surface area (TPSA) is 26.0 Å². The van der Waals surface area contributed by atoms with Gasteiger partial charge in [0.05, 0.1) is 0 Å². The summed E-state index contributed by atoms with van der Waals surface area (Å²) in [4.78, 5) is 2.86. The summed E-state index contributed by atoms with van der Waals surface area (Å²) in [5.74, 6) is 0. The van der Waals surface area contributed by atoms with Crippen LogP contribution in [0, 0.1) is 6.92 Å². The number of hydrogen-bond acceptors (Lipinski definition) is 2. The number of hydrogen-bond donors (Lipinski definition) is 1. The lowest BCUT2D eigenvalue weighted by Gasteiger charge is -2.25. The lowest BCUT2D eigenvalue weighted by Crippen LogP contribution is -2.30. The highest BCUT2D eigenvalue weighted by Gasteiger charge is 2.35. The van der Waals surface area contributed by atoms with E-state index in [-0.39, 0.29) is 0 Å². The first-order valence-electron chi connectivity index (χ1n) is 5.14. The molecule has 2 N–H and O–H groups in total. The Hall–Kier alpha value is 0.140. The third-order valence-corrected chi connectivity index (χ3v) is 5.71. The highest BCUT2D eigenvalue weighted by Crippen LogP contribution is 2.44. The molecule has 3 heteroatoms. The molecule has 0 bridgehead atoms. The van der Waals surface area contributed by atoms with Crippen LogP contribution in [0.2, 0.25) is 0 Å².